The van der Waals surface area contributed by atoms with Crippen molar-refractivity contribution in [2.75, 3.05) is 4.90 Å². The molecule has 50 heavy (non-hydrogen) atoms. The maximum Gasteiger partial charge on any atom is 0.246 e. The molecule has 0 amide bonds. The highest BCUT2D eigenvalue weighted by Crippen LogP contribution is 2.60. The van der Waals surface area contributed by atoms with Gasteiger partial charge in [-0.3, -0.25) is 0 Å². The third-order valence-corrected chi connectivity index (χ3v) is 13.6. The van der Waals surface area contributed by atoms with Crippen molar-refractivity contribution in [3.8, 4) is 0 Å². The highest BCUT2D eigenvalue weighted by Gasteiger charge is 2.56. The summed E-state index contributed by atoms with van der Waals surface area (Å²) in [7, 11) is 0. The van der Waals surface area contributed by atoms with Gasteiger partial charge in [-0.05, 0) is 95.5 Å². The number of nitrogens with zero attached hydrogens (tertiary/aromatic N) is 2. The Labute approximate surface area is 302 Å². The smallest absolute Gasteiger partial charge is 0.246 e. The van der Waals surface area contributed by atoms with E-state index >= 15 is 0 Å². The third-order valence-electron chi connectivity index (χ3n) is 13.6. The summed E-state index contributed by atoms with van der Waals surface area (Å²) in [5.74, 6) is 1.02. The second-order valence-electron chi connectivity index (χ2n) is 18.8. The Kier molecular flexibility index (Phi) is 7.18. The van der Waals surface area contributed by atoms with Gasteiger partial charge in [-0.15, -0.1) is 0 Å². The first kappa shape index (κ1) is 32.2. The van der Waals surface area contributed by atoms with Gasteiger partial charge in [-0.1, -0.05) is 145 Å². The van der Waals surface area contributed by atoms with E-state index in [-0.39, 0.29) is 23.0 Å². The lowest BCUT2D eigenvalue weighted by Crippen LogP contribution is -2.58. The van der Waals surface area contributed by atoms with Crippen LogP contribution in [0.1, 0.15) is 93.9 Å². The molecule has 4 atom stereocenters. The van der Waals surface area contributed by atoms with Crippen LogP contribution in [0.15, 0.2) is 141 Å². The molecular formula is C47H55BN2. The summed E-state index contributed by atoms with van der Waals surface area (Å²) in [4.78, 5) is 5.66. The first-order valence-corrected chi connectivity index (χ1v) is 19.5. The van der Waals surface area contributed by atoms with Crippen molar-refractivity contribution in [1.82, 2.24) is 4.90 Å². The fraction of sp³-hybridized carbons (Fsp3) is 0.447. The second-order valence-corrected chi connectivity index (χ2v) is 18.8. The van der Waals surface area contributed by atoms with Crippen LogP contribution in [0.3, 0.4) is 0 Å². The van der Waals surface area contributed by atoms with Crippen LogP contribution in [0.4, 0.5) is 5.69 Å². The minimum atomic E-state index is -0.0136. The highest BCUT2D eigenvalue weighted by molar-refractivity contribution is 6.88. The van der Waals surface area contributed by atoms with Crippen LogP contribution in [0.2, 0.25) is 0 Å². The van der Waals surface area contributed by atoms with Crippen molar-refractivity contribution in [2.24, 2.45) is 28.1 Å². The van der Waals surface area contributed by atoms with Crippen LogP contribution in [0.5, 0.6) is 0 Å². The molecule has 0 bridgehead atoms. The summed E-state index contributed by atoms with van der Waals surface area (Å²) in [5.41, 5.74) is 17.5. The first-order valence-electron chi connectivity index (χ1n) is 19.5. The first-order chi connectivity index (χ1) is 23.8. The van der Waals surface area contributed by atoms with E-state index in [9.17, 15) is 0 Å². The Bertz CT molecular complexity index is 1980. The molecule has 4 unspecified atom stereocenters. The second kappa shape index (κ2) is 11.1. The highest BCUT2D eigenvalue weighted by atomic mass is 15.2. The molecule has 5 aliphatic carbocycles. The van der Waals surface area contributed by atoms with Gasteiger partial charge in [-0.25, -0.2) is 0 Å². The van der Waals surface area contributed by atoms with Crippen LogP contribution in [-0.2, 0) is 0 Å². The van der Waals surface area contributed by atoms with Gasteiger partial charge >= 0.3 is 0 Å². The average molecular weight is 659 g/mol. The van der Waals surface area contributed by atoms with E-state index < -0.39 is 0 Å². The van der Waals surface area contributed by atoms with Gasteiger partial charge < -0.3 is 9.80 Å². The molecule has 256 valence electrons. The Balaban J connectivity index is 1.32. The zero-order chi connectivity index (χ0) is 34.7. The molecule has 3 aliphatic heterocycles. The van der Waals surface area contributed by atoms with Crippen molar-refractivity contribution in [2.45, 2.75) is 106 Å². The van der Waals surface area contributed by atoms with Crippen LogP contribution < -0.4 is 10.4 Å². The number of hydrogen-bond donors (Lipinski definition) is 0. The lowest BCUT2D eigenvalue weighted by atomic mass is 9.30. The minimum Gasteiger partial charge on any atom is -0.338 e. The maximum atomic E-state index is 2.91. The monoisotopic (exact) mass is 658 g/mol. The molecular weight excluding hydrogens is 603 g/mol. The lowest BCUT2D eigenvalue weighted by molar-refractivity contribution is 0.283. The van der Waals surface area contributed by atoms with E-state index in [2.05, 4.69) is 156 Å². The van der Waals surface area contributed by atoms with Crippen molar-refractivity contribution in [1.29, 1.82) is 0 Å². The quantitative estimate of drug-likeness (QED) is 0.298. The van der Waals surface area contributed by atoms with E-state index in [1.165, 1.54) is 29.0 Å². The number of benzene rings is 1. The Morgan fingerprint density at radius 2 is 1.58 bits per heavy atom. The normalized spacial score (nSPS) is 28.4. The largest absolute Gasteiger partial charge is 0.338 e. The predicted octanol–water partition coefficient (Wildman–Crippen LogP) is 10.9. The van der Waals surface area contributed by atoms with Crippen molar-refractivity contribution in [3.63, 3.8) is 0 Å². The molecule has 0 spiro atoms. The van der Waals surface area contributed by atoms with Gasteiger partial charge in [0.2, 0.25) is 6.71 Å². The van der Waals surface area contributed by atoms with Crippen LogP contribution >= 0.6 is 0 Å². The van der Waals surface area contributed by atoms with Gasteiger partial charge in [0, 0.05) is 34.1 Å². The Hall–Kier alpha value is -3.72. The summed E-state index contributed by atoms with van der Waals surface area (Å²) in [6, 6.07) is 10.1. The maximum absolute atomic E-state index is 2.91. The van der Waals surface area contributed by atoms with Crippen LogP contribution in [-0.4, -0.2) is 23.7 Å². The molecule has 8 aliphatic rings. The predicted molar refractivity (Wildman–Crippen MR) is 213 cm³/mol. The molecule has 0 radical (unpaired) electrons. The molecule has 1 aromatic rings. The molecule has 2 nitrogen and oxygen atoms in total. The topological polar surface area (TPSA) is 6.48 Å². The van der Waals surface area contributed by atoms with E-state index in [1.54, 1.807) is 38.9 Å². The fourth-order valence-corrected chi connectivity index (χ4v) is 10.6. The number of hydrogen-bond acceptors (Lipinski definition) is 2. The van der Waals surface area contributed by atoms with Crippen molar-refractivity contribution in [3.05, 3.63) is 141 Å². The number of anilines is 1. The molecule has 0 saturated heterocycles. The molecule has 3 heteroatoms. The third kappa shape index (κ3) is 4.74. The SMILES string of the molecule is CC(C)(C)C1=CC2=C3C(C1)C1=C(C=CC(C(C)(C)C)C1)N3C1CC(C(C)(C)C3=CC=CCC3)=CC3=C1B2c1ccccc1N3C1C=CC=CC1. The molecule has 3 heterocycles. The lowest BCUT2D eigenvalue weighted by Gasteiger charge is -2.53. The van der Waals surface area contributed by atoms with Gasteiger partial charge in [0.05, 0.1) is 12.1 Å². The zero-order valence-electron chi connectivity index (χ0n) is 31.7. The minimum absolute atomic E-state index is 0.0136. The molecule has 0 saturated carbocycles. The van der Waals surface area contributed by atoms with Gasteiger partial charge in [0.25, 0.3) is 0 Å². The van der Waals surface area contributed by atoms with Crippen molar-refractivity contribution < 1.29 is 0 Å². The Morgan fingerprint density at radius 1 is 0.760 bits per heavy atom. The standard InChI is InChI=1S/C47H55BN2/c1-45(2,3)31-23-24-39-35(25-31)36-26-32(46(4,5)6)27-38-44(36)50(39)42-29-33(47(7,8)30-17-11-9-12-18-30)28-41-43(42)48(38)37-21-15-16-22-40(37)49(41)34-19-13-10-14-20-34/h9-11,13-17,19,21-24,27-28,31,34,36,42H,12,18,20,25-26,29H2,1-8H3. The summed E-state index contributed by atoms with van der Waals surface area (Å²) >= 11 is 0. The fourth-order valence-electron chi connectivity index (χ4n) is 10.6. The molecule has 1 aromatic carbocycles. The van der Waals surface area contributed by atoms with E-state index in [0.29, 0.717) is 23.9 Å². The summed E-state index contributed by atoms with van der Waals surface area (Å²) in [5, 5.41) is 0. The molecule has 0 fully saturated rings. The van der Waals surface area contributed by atoms with Crippen LogP contribution in [0.25, 0.3) is 0 Å². The summed E-state index contributed by atoms with van der Waals surface area (Å²) in [6.45, 7) is 19.9. The molecule has 0 N–H and O–H groups in total. The average Bonchev–Trinajstić information content (AvgIpc) is 3.44. The number of fused-ring (bicyclic) bond motifs is 6. The van der Waals surface area contributed by atoms with Crippen molar-refractivity contribution >= 4 is 17.9 Å². The zero-order valence-corrected chi connectivity index (χ0v) is 31.7. The summed E-state index contributed by atoms with van der Waals surface area (Å²) in [6.07, 6.45) is 33.6. The van der Waals surface area contributed by atoms with Gasteiger partial charge in [0.1, 0.15) is 0 Å². The number of rotatable bonds is 3. The van der Waals surface area contributed by atoms with Gasteiger partial charge in [-0.2, -0.15) is 0 Å². The van der Waals surface area contributed by atoms with E-state index in [1.807, 2.05) is 0 Å². The number of allylic oxidation sites excluding steroid dienone is 13. The van der Waals surface area contributed by atoms with E-state index in [4.69, 9.17) is 0 Å². The molecule has 0 aromatic heterocycles. The van der Waals surface area contributed by atoms with E-state index in [0.717, 1.165) is 32.1 Å². The molecule has 9 rings (SSSR count). The Morgan fingerprint density at radius 3 is 2.30 bits per heavy atom. The van der Waals surface area contributed by atoms with Gasteiger partial charge in [0.15, 0.2) is 0 Å². The van der Waals surface area contributed by atoms with Crippen LogP contribution in [0, 0.1) is 28.1 Å². The number of para-hydroxylation sites is 1. The summed E-state index contributed by atoms with van der Waals surface area (Å²) < 4.78 is 0.